The van der Waals surface area contributed by atoms with Gasteiger partial charge in [-0.3, -0.25) is 14.6 Å². The number of fused-ring (bicyclic) bond motifs is 1. The Labute approximate surface area is 126 Å². The van der Waals surface area contributed by atoms with Crippen LogP contribution in [0.1, 0.15) is 23.0 Å². The number of nitrogens with zero attached hydrogens (tertiary/aromatic N) is 3. The Hall–Kier alpha value is -2.96. The lowest BCUT2D eigenvalue weighted by molar-refractivity contribution is 0.0950. The quantitative estimate of drug-likeness (QED) is 0.752. The molecule has 1 aromatic heterocycles. The van der Waals surface area contributed by atoms with Gasteiger partial charge >= 0.3 is 0 Å². The van der Waals surface area contributed by atoms with Crippen LogP contribution in [-0.2, 0) is 13.1 Å². The van der Waals surface area contributed by atoms with Gasteiger partial charge in [-0.2, -0.15) is 5.10 Å². The summed E-state index contributed by atoms with van der Waals surface area (Å²) < 4.78 is 1.79. The number of hydrogen-bond acceptors (Lipinski definition) is 4. The molecule has 112 valence electrons. The Bertz CT molecular complexity index is 822. The second-order valence-electron chi connectivity index (χ2n) is 4.82. The van der Waals surface area contributed by atoms with Gasteiger partial charge in [-0.1, -0.05) is 6.07 Å². The second-order valence-corrected chi connectivity index (χ2v) is 4.82. The molecular weight excluding hydrogens is 282 g/mol. The van der Waals surface area contributed by atoms with Crippen LogP contribution in [0.25, 0.3) is 11.3 Å². The zero-order valence-corrected chi connectivity index (χ0v) is 12.0. The van der Waals surface area contributed by atoms with Crippen LogP contribution < -0.4 is 10.9 Å². The molecule has 7 nitrogen and oxygen atoms in total. The largest absolute Gasteiger partial charge is 0.353 e. The molecule has 0 saturated heterocycles. The van der Waals surface area contributed by atoms with E-state index < -0.39 is 0 Å². The van der Waals surface area contributed by atoms with E-state index in [1.807, 2.05) is 25.1 Å². The third kappa shape index (κ3) is 2.60. The molecule has 2 N–H and O–H groups in total. The van der Waals surface area contributed by atoms with Gasteiger partial charge in [-0.15, -0.1) is 0 Å². The summed E-state index contributed by atoms with van der Waals surface area (Å²) in [6, 6.07) is 5.50. The summed E-state index contributed by atoms with van der Waals surface area (Å²) in [6.45, 7) is 2.91. The van der Waals surface area contributed by atoms with Gasteiger partial charge in [0.05, 0.1) is 23.4 Å². The average Bonchev–Trinajstić information content (AvgIpc) is 2.94. The van der Waals surface area contributed by atoms with Crippen LogP contribution in [0.5, 0.6) is 0 Å². The minimum atomic E-state index is -0.295. The molecule has 1 amide bonds. The SMILES string of the molecule is CCn1cc(C(=O)NCc2ccccn2)c2n[nH]c(=O)c-2c1. The number of aryl methyl sites for hydroxylation is 1. The first-order valence-corrected chi connectivity index (χ1v) is 6.95. The summed E-state index contributed by atoms with van der Waals surface area (Å²) >= 11 is 0. The van der Waals surface area contributed by atoms with Crippen molar-refractivity contribution in [3.8, 4) is 11.3 Å². The fraction of sp³-hybridized carbons (Fsp3) is 0.200. The van der Waals surface area contributed by atoms with Crippen molar-refractivity contribution in [3.63, 3.8) is 0 Å². The molecule has 7 heteroatoms. The molecule has 0 aliphatic carbocycles. The lowest BCUT2D eigenvalue weighted by atomic mass is 10.1. The Kier molecular flexibility index (Phi) is 3.69. The minimum absolute atomic E-state index is 0.287. The van der Waals surface area contributed by atoms with E-state index >= 15 is 0 Å². The lowest BCUT2D eigenvalue weighted by Gasteiger charge is -2.11. The molecule has 1 aromatic rings. The molecule has 0 aromatic carbocycles. The number of carbonyl (C=O) groups is 1. The molecule has 0 bridgehead atoms. The van der Waals surface area contributed by atoms with Gasteiger partial charge in [0, 0.05) is 25.1 Å². The number of aromatic nitrogens is 4. The van der Waals surface area contributed by atoms with Gasteiger partial charge in [-0.05, 0) is 19.1 Å². The zero-order valence-electron chi connectivity index (χ0n) is 12.0. The van der Waals surface area contributed by atoms with Gasteiger partial charge in [0.25, 0.3) is 11.5 Å². The van der Waals surface area contributed by atoms with Gasteiger partial charge in [0.2, 0.25) is 0 Å². The van der Waals surface area contributed by atoms with Crippen LogP contribution in [0.2, 0.25) is 0 Å². The van der Waals surface area contributed by atoms with Crippen LogP contribution in [0.15, 0.2) is 41.6 Å². The van der Waals surface area contributed by atoms with Crippen molar-refractivity contribution >= 4 is 5.91 Å². The van der Waals surface area contributed by atoms with Crippen molar-refractivity contribution in [2.75, 3.05) is 0 Å². The first-order valence-electron chi connectivity index (χ1n) is 6.95. The van der Waals surface area contributed by atoms with E-state index in [9.17, 15) is 9.59 Å². The zero-order chi connectivity index (χ0) is 15.5. The molecule has 0 spiro atoms. The molecule has 0 fully saturated rings. The number of aromatic amines is 1. The normalized spacial score (nSPS) is 10.8. The van der Waals surface area contributed by atoms with Gasteiger partial charge < -0.3 is 9.88 Å². The predicted octanol–water partition coefficient (Wildman–Crippen LogP) is 1.02. The van der Waals surface area contributed by atoms with E-state index in [0.29, 0.717) is 29.9 Å². The highest BCUT2D eigenvalue weighted by Crippen LogP contribution is 2.19. The number of H-pyrrole nitrogens is 1. The molecule has 2 aliphatic heterocycles. The number of hydrogen-bond donors (Lipinski definition) is 2. The molecule has 0 unspecified atom stereocenters. The highest BCUT2D eigenvalue weighted by Gasteiger charge is 2.20. The number of amides is 1. The maximum absolute atomic E-state index is 12.4. The fourth-order valence-electron chi connectivity index (χ4n) is 2.21. The monoisotopic (exact) mass is 297 g/mol. The average molecular weight is 297 g/mol. The van der Waals surface area contributed by atoms with Crippen LogP contribution in [0, 0.1) is 0 Å². The summed E-state index contributed by atoms with van der Waals surface area (Å²) in [5.41, 5.74) is 1.63. The standard InChI is InChI=1S/C15H15N5O2/c1-2-20-8-11(13-12(9-20)15(22)19-18-13)14(21)17-7-10-5-3-4-6-16-10/h3-6,8-9H,2,7H2,1H3,(H,17,21)(H,19,22). The minimum Gasteiger partial charge on any atom is -0.353 e. The molecular formula is C15H15N5O2. The van der Waals surface area contributed by atoms with E-state index in [4.69, 9.17) is 0 Å². The van der Waals surface area contributed by atoms with Gasteiger partial charge in [-0.25, -0.2) is 5.10 Å². The van der Waals surface area contributed by atoms with Crippen molar-refractivity contribution in [2.24, 2.45) is 0 Å². The molecule has 3 heterocycles. The van der Waals surface area contributed by atoms with Crippen molar-refractivity contribution < 1.29 is 4.79 Å². The topological polar surface area (TPSA) is 92.7 Å². The lowest BCUT2D eigenvalue weighted by Crippen LogP contribution is -2.25. The first-order chi connectivity index (χ1) is 10.7. The van der Waals surface area contributed by atoms with Crippen molar-refractivity contribution in [1.29, 1.82) is 0 Å². The Balaban J connectivity index is 1.88. The third-order valence-electron chi connectivity index (χ3n) is 3.38. The number of rotatable bonds is 4. The molecule has 3 rings (SSSR count). The molecule has 0 radical (unpaired) electrons. The molecule has 0 atom stereocenters. The van der Waals surface area contributed by atoms with Crippen LogP contribution in [0.3, 0.4) is 0 Å². The van der Waals surface area contributed by atoms with Crippen LogP contribution >= 0.6 is 0 Å². The first kappa shape index (κ1) is 14.0. The van der Waals surface area contributed by atoms with E-state index in [-0.39, 0.29) is 11.5 Å². The van der Waals surface area contributed by atoms with E-state index in [0.717, 1.165) is 5.69 Å². The second kappa shape index (κ2) is 5.80. The molecule has 22 heavy (non-hydrogen) atoms. The van der Waals surface area contributed by atoms with Crippen molar-refractivity contribution in [2.45, 2.75) is 20.0 Å². The van der Waals surface area contributed by atoms with Crippen LogP contribution in [-0.4, -0.2) is 25.7 Å². The fourth-order valence-corrected chi connectivity index (χ4v) is 2.21. The van der Waals surface area contributed by atoms with Gasteiger partial charge in [0.15, 0.2) is 0 Å². The van der Waals surface area contributed by atoms with Crippen molar-refractivity contribution in [3.05, 3.63) is 58.4 Å². The van der Waals surface area contributed by atoms with Crippen LogP contribution in [0.4, 0.5) is 0 Å². The highest BCUT2D eigenvalue weighted by molar-refractivity contribution is 5.99. The number of pyridine rings is 2. The molecule has 2 aliphatic rings. The summed E-state index contributed by atoms with van der Waals surface area (Å²) in [4.78, 5) is 28.3. The Morgan fingerprint density at radius 2 is 2.23 bits per heavy atom. The Morgan fingerprint density at radius 3 is 2.95 bits per heavy atom. The Morgan fingerprint density at radius 1 is 1.36 bits per heavy atom. The highest BCUT2D eigenvalue weighted by atomic mass is 16.2. The smallest absolute Gasteiger partial charge is 0.275 e. The van der Waals surface area contributed by atoms with E-state index in [1.165, 1.54) is 0 Å². The summed E-state index contributed by atoms with van der Waals surface area (Å²) in [6.07, 6.45) is 5.05. The van der Waals surface area contributed by atoms with E-state index in [2.05, 4.69) is 20.5 Å². The molecule has 0 saturated carbocycles. The summed E-state index contributed by atoms with van der Waals surface area (Å²) in [5.74, 6) is -0.287. The number of nitrogens with one attached hydrogen (secondary N) is 2. The summed E-state index contributed by atoms with van der Waals surface area (Å²) in [5, 5.41) is 9.13. The van der Waals surface area contributed by atoms with Gasteiger partial charge in [0.1, 0.15) is 5.69 Å². The third-order valence-corrected chi connectivity index (χ3v) is 3.38. The predicted molar refractivity (Wildman–Crippen MR) is 80.6 cm³/mol. The number of carbonyl (C=O) groups excluding carboxylic acids is 1. The van der Waals surface area contributed by atoms with Crippen molar-refractivity contribution in [1.82, 2.24) is 25.1 Å². The maximum Gasteiger partial charge on any atom is 0.275 e. The summed E-state index contributed by atoms with van der Waals surface area (Å²) in [7, 11) is 0. The van der Waals surface area contributed by atoms with E-state index in [1.54, 1.807) is 23.2 Å². The maximum atomic E-state index is 12.4.